The molecule has 208 valence electrons. The van der Waals surface area contributed by atoms with E-state index in [1.54, 1.807) is 4.52 Å². The number of hydrogen-bond donors (Lipinski definition) is 2. The van der Waals surface area contributed by atoms with Gasteiger partial charge < -0.3 is 14.8 Å². The van der Waals surface area contributed by atoms with E-state index in [9.17, 15) is 18.0 Å². The highest BCUT2D eigenvalue weighted by Gasteiger charge is 2.30. The third-order valence-electron chi connectivity index (χ3n) is 5.94. The van der Waals surface area contributed by atoms with Crippen LogP contribution in [0.2, 0.25) is 5.02 Å². The molecule has 2 heterocycles. The van der Waals surface area contributed by atoms with E-state index >= 15 is 0 Å². The number of amides is 1. The van der Waals surface area contributed by atoms with Gasteiger partial charge in [-0.15, -0.1) is 10.2 Å². The second-order valence-electron chi connectivity index (χ2n) is 9.81. The van der Waals surface area contributed by atoms with E-state index in [-0.39, 0.29) is 30.4 Å². The summed E-state index contributed by atoms with van der Waals surface area (Å²) in [7, 11) is -3.33. The minimum atomic E-state index is -3.33. The van der Waals surface area contributed by atoms with Crippen LogP contribution >= 0.6 is 11.6 Å². The number of unbranched alkanes of at least 4 members (excludes halogenated alkanes) is 1. The Balaban J connectivity index is 1.51. The van der Waals surface area contributed by atoms with Gasteiger partial charge in [0.15, 0.2) is 27.4 Å². The van der Waals surface area contributed by atoms with Crippen LogP contribution in [0.15, 0.2) is 29.2 Å². The number of aryl methyl sites for hydroxylation is 1. The number of ether oxygens (including phenoxy) is 2. The Bertz CT molecular complexity index is 1380. The SMILES string of the molecule is CCCCC(Oc1ccc(S(C)(=O)=O)cc1)C(=O)NCCC(=O)OCC(C)(C)c1nnc2c(Cl)c(C)[nH]n12. The highest BCUT2D eigenvalue weighted by Crippen LogP contribution is 2.27. The van der Waals surface area contributed by atoms with Crippen molar-refractivity contribution in [2.24, 2.45) is 0 Å². The summed E-state index contributed by atoms with van der Waals surface area (Å²) in [5, 5.41) is 14.6. The Hall–Kier alpha value is -3.12. The molecule has 0 saturated carbocycles. The lowest BCUT2D eigenvalue weighted by Gasteiger charge is -2.22. The standard InChI is InChI=1S/C25H34ClN5O6S/c1-6-7-8-19(37-17-9-11-18(12-10-17)38(5,34)35)23(33)27-14-13-20(32)36-15-25(3,4)24-29-28-22-21(26)16(2)30-31(22)24/h9-12,19,30H,6-8,13-15H2,1-5H3,(H,27,33). The summed E-state index contributed by atoms with van der Waals surface area (Å²) in [4.78, 5) is 25.3. The molecular formula is C25H34ClN5O6S. The molecule has 0 spiro atoms. The second kappa shape index (κ2) is 12.2. The number of fused-ring (bicyclic) bond motifs is 1. The fourth-order valence-corrected chi connectivity index (χ4v) is 4.51. The molecule has 11 nitrogen and oxygen atoms in total. The van der Waals surface area contributed by atoms with Gasteiger partial charge in [0.2, 0.25) is 0 Å². The predicted molar refractivity (Wildman–Crippen MR) is 142 cm³/mol. The van der Waals surface area contributed by atoms with Gasteiger partial charge in [0.05, 0.1) is 22.4 Å². The summed E-state index contributed by atoms with van der Waals surface area (Å²) in [6, 6.07) is 5.92. The molecule has 38 heavy (non-hydrogen) atoms. The molecule has 3 aromatic rings. The molecule has 2 aromatic heterocycles. The number of nitrogens with zero attached hydrogens (tertiary/aromatic N) is 3. The number of carbonyl (C=O) groups excluding carboxylic acids is 2. The summed E-state index contributed by atoms with van der Waals surface area (Å²) in [6.45, 7) is 7.72. The highest BCUT2D eigenvalue weighted by atomic mass is 35.5. The first-order chi connectivity index (χ1) is 17.8. The summed E-state index contributed by atoms with van der Waals surface area (Å²) in [6.07, 6.45) is 2.43. The molecule has 0 aliphatic carbocycles. The Kier molecular flexibility index (Phi) is 9.42. The molecule has 1 unspecified atom stereocenters. The minimum absolute atomic E-state index is 0.0198. The van der Waals surface area contributed by atoms with Crippen LogP contribution in [0.1, 0.15) is 58.0 Å². The molecule has 0 aliphatic rings. The van der Waals surface area contributed by atoms with E-state index in [1.807, 2.05) is 27.7 Å². The van der Waals surface area contributed by atoms with Crippen LogP contribution in [0.5, 0.6) is 5.75 Å². The van der Waals surface area contributed by atoms with Gasteiger partial charge in [0.1, 0.15) is 17.4 Å². The molecule has 13 heteroatoms. The molecule has 0 saturated heterocycles. The van der Waals surface area contributed by atoms with E-state index in [2.05, 4.69) is 20.6 Å². The lowest BCUT2D eigenvalue weighted by molar-refractivity contribution is -0.145. The van der Waals surface area contributed by atoms with Gasteiger partial charge in [-0.3, -0.25) is 14.7 Å². The van der Waals surface area contributed by atoms with Gasteiger partial charge in [-0.05, 0) is 57.9 Å². The Morgan fingerprint density at radius 3 is 2.53 bits per heavy atom. The number of esters is 1. The number of aromatic amines is 1. The largest absolute Gasteiger partial charge is 0.481 e. The Labute approximate surface area is 227 Å². The number of aromatic nitrogens is 4. The number of halogens is 1. The van der Waals surface area contributed by atoms with Gasteiger partial charge >= 0.3 is 5.97 Å². The summed E-state index contributed by atoms with van der Waals surface area (Å²) < 4.78 is 36.3. The Morgan fingerprint density at radius 2 is 1.89 bits per heavy atom. The van der Waals surface area contributed by atoms with Gasteiger partial charge in [-0.1, -0.05) is 24.9 Å². The van der Waals surface area contributed by atoms with Crippen LogP contribution in [0, 0.1) is 6.92 Å². The maximum Gasteiger partial charge on any atom is 0.307 e. The first-order valence-electron chi connectivity index (χ1n) is 12.3. The van der Waals surface area contributed by atoms with Crippen molar-refractivity contribution in [3.63, 3.8) is 0 Å². The first-order valence-corrected chi connectivity index (χ1v) is 14.6. The molecule has 0 bridgehead atoms. The lowest BCUT2D eigenvalue weighted by Crippen LogP contribution is -2.39. The Morgan fingerprint density at radius 1 is 1.21 bits per heavy atom. The van der Waals surface area contributed by atoms with Crippen LogP contribution in [0.25, 0.3) is 5.65 Å². The van der Waals surface area contributed by atoms with Crippen LogP contribution in [-0.2, 0) is 29.6 Å². The van der Waals surface area contributed by atoms with Gasteiger partial charge in [0.25, 0.3) is 5.91 Å². The van der Waals surface area contributed by atoms with Crippen LogP contribution in [0.3, 0.4) is 0 Å². The van der Waals surface area contributed by atoms with Crippen LogP contribution in [-0.4, -0.2) is 65.6 Å². The van der Waals surface area contributed by atoms with E-state index in [1.165, 1.54) is 24.3 Å². The highest BCUT2D eigenvalue weighted by molar-refractivity contribution is 7.90. The second-order valence-corrected chi connectivity index (χ2v) is 12.2. The average Bonchev–Trinajstić information content (AvgIpc) is 3.40. The zero-order valence-corrected chi connectivity index (χ0v) is 23.8. The average molecular weight is 568 g/mol. The molecular weight excluding hydrogens is 534 g/mol. The maximum absolute atomic E-state index is 12.8. The van der Waals surface area contributed by atoms with Gasteiger partial charge in [0, 0.05) is 12.8 Å². The summed E-state index contributed by atoms with van der Waals surface area (Å²) in [5.74, 6) is 0.131. The quantitative estimate of drug-likeness (QED) is 0.299. The topological polar surface area (TPSA) is 145 Å². The fourth-order valence-electron chi connectivity index (χ4n) is 3.72. The van der Waals surface area contributed by atoms with Crippen molar-refractivity contribution in [1.82, 2.24) is 25.1 Å². The van der Waals surface area contributed by atoms with Crippen molar-refractivity contribution in [2.75, 3.05) is 19.4 Å². The lowest BCUT2D eigenvalue weighted by atomic mass is 9.94. The zero-order valence-electron chi connectivity index (χ0n) is 22.2. The number of rotatable bonds is 13. The molecule has 0 fully saturated rings. The summed E-state index contributed by atoms with van der Waals surface area (Å²) in [5.41, 5.74) is 0.617. The molecule has 0 aliphatic heterocycles. The summed E-state index contributed by atoms with van der Waals surface area (Å²) >= 11 is 6.23. The van der Waals surface area contributed by atoms with Crippen molar-refractivity contribution >= 4 is 39.0 Å². The van der Waals surface area contributed by atoms with Crippen molar-refractivity contribution in [3.05, 3.63) is 40.8 Å². The number of benzene rings is 1. The fraction of sp³-hybridized carbons (Fsp3) is 0.520. The smallest absolute Gasteiger partial charge is 0.307 e. The molecule has 1 aromatic carbocycles. The number of sulfone groups is 1. The minimum Gasteiger partial charge on any atom is -0.481 e. The van der Waals surface area contributed by atoms with Crippen molar-refractivity contribution in [2.45, 2.75) is 69.8 Å². The molecule has 1 atom stereocenters. The molecule has 0 radical (unpaired) electrons. The van der Waals surface area contributed by atoms with E-state index < -0.39 is 27.3 Å². The van der Waals surface area contributed by atoms with Crippen molar-refractivity contribution in [3.8, 4) is 5.75 Å². The maximum atomic E-state index is 12.8. The monoisotopic (exact) mass is 567 g/mol. The number of nitrogens with one attached hydrogen (secondary N) is 2. The normalized spacial score (nSPS) is 12.9. The third-order valence-corrected chi connectivity index (χ3v) is 7.52. The number of H-pyrrole nitrogens is 1. The predicted octanol–water partition coefficient (Wildman–Crippen LogP) is 3.39. The van der Waals surface area contributed by atoms with E-state index in [4.69, 9.17) is 21.1 Å². The third kappa shape index (κ3) is 7.25. The van der Waals surface area contributed by atoms with Gasteiger partial charge in [-0.25, -0.2) is 12.9 Å². The van der Waals surface area contributed by atoms with Crippen LogP contribution < -0.4 is 10.1 Å². The van der Waals surface area contributed by atoms with E-state index in [0.717, 1.165) is 24.8 Å². The van der Waals surface area contributed by atoms with Gasteiger partial charge in [-0.2, -0.15) is 0 Å². The van der Waals surface area contributed by atoms with Crippen LogP contribution in [0.4, 0.5) is 0 Å². The molecule has 2 N–H and O–H groups in total. The first kappa shape index (κ1) is 29.4. The molecule has 1 amide bonds. The van der Waals surface area contributed by atoms with Crippen molar-refractivity contribution in [1.29, 1.82) is 0 Å². The number of hydrogen-bond acceptors (Lipinski definition) is 8. The zero-order chi connectivity index (χ0) is 28.1. The van der Waals surface area contributed by atoms with E-state index in [0.29, 0.717) is 28.7 Å². The molecule has 3 rings (SSSR count). The van der Waals surface area contributed by atoms with Crippen molar-refractivity contribution < 1.29 is 27.5 Å². The number of carbonyl (C=O) groups is 2.